The molecule has 0 bridgehead atoms. The lowest BCUT2D eigenvalue weighted by atomic mass is 10.1. The second kappa shape index (κ2) is 11.1. The van der Waals surface area contributed by atoms with Crippen LogP contribution in [0.2, 0.25) is 5.02 Å². The molecule has 1 amide bonds. The minimum Gasteiger partial charge on any atom is -0.350 e. The molecule has 1 saturated heterocycles. The second-order valence-corrected chi connectivity index (χ2v) is 13.5. The number of carbonyl (C=O) groups excluding carboxylic acids is 1. The number of rotatable bonds is 6. The summed E-state index contributed by atoms with van der Waals surface area (Å²) in [7, 11) is -3.86. The number of hydrogen-bond acceptors (Lipinski definition) is 7. The van der Waals surface area contributed by atoms with Crippen LogP contribution in [-0.4, -0.2) is 65.7 Å². The summed E-state index contributed by atoms with van der Waals surface area (Å²) in [4.78, 5) is 38.5. The van der Waals surface area contributed by atoms with Crippen LogP contribution >= 0.6 is 11.6 Å². The SMILES string of the molecule is C=CC(=O)N1CCN(c2nc(=O)n(-c3c(C4CC4)cccc3S(C)(=O)=O)c3nc(-c4c(F)cccc4Cl)c(F)cc23)[C@@H](C)C1. The van der Waals surface area contributed by atoms with Crippen molar-refractivity contribution in [2.45, 2.75) is 36.6 Å². The monoisotopic (exact) mass is 639 g/mol. The van der Waals surface area contributed by atoms with Crippen molar-refractivity contribution in [2.75, 3.05) is 30.8 Å². The van der Waals surface area contributed by atoms with Gasteiger partial charge in [0.2, 0.25) is 5.91 Å². The Morgan fingerprint density at radius 2 is 1.82 bits per heavy atom. The van der Waals surface area contributed by atoms with E-state index in [0.29, 0.717) is 18.7 Å². The van der Waals surface area contributed by atoms with E-state index in [4.69, 9.17) is 11.6 Å². The fourth-order valence-electron chi connectivity index (χ4n) is 5.83. The summed E-state index contributed by atoms with van der Waals surface area (Å²) in [5.41, 5.74) is -0.976. The molecule has 13 heteroatoms. The molecule has 228 valence electrons. The van der Waals surface area contributed by atoms with E-state index in [1.54, 1.807) is 21.9 Å². The van der Waals surface area contributed by atoms with Gasteiger partial charge in [-0.25, -0.2) is 31.5 Å². The molecule has 0 spiro atoms. The van der Waals surface area contributed by atoms with E-state index in [0.717, 1.165) is 35.8 Å². The van der Waals surface area contributed by atoms with Crippen molar-refractivity contribution in [1.29, 1.82) is 0 Å². The number of piperazine rings is 1. The van der Waals surface area contributed by atoms with Crippen LogP contribution in [0.25, 0.3) is 28.0 Å². The number of sulfone groups is 1. The van der Waals surface area contributed by atoms with Crippen LogP contribution in [-0.2, 0) is 14.6 Å². The zero-order chi connectivity index (χ0) is 31.5. The van der Waals surface area contributed by atoms with Gasteiger partial charge in [-0.2, -0.15) is 4.98 Å². The van der Waals surface area contributed by atoms with E-state index in [1.165, 1.54) is 24.3 Å². The van der Waals surface area contributed by atoms with Crippen molar-refractivity contribution >= 4 is 44.2 Å². The van der Waals surface area contributed by atoms with Gasteiger partial charge in [0.05, 0.1) is 26.6 Å². The first kappa shape index (κ1) is 29.9. The maximum atomic E-state index is 16.0. The quantitative estimate of drug-likeness (QED) is 0.277. The number of para-hydroxylation sites is 1. The van der Waals surface area contributed by atoms with Gasteiger partial charge in [-0.3, -0.25) is 4.79 Å². The summed E-state index contributed by atoms with van der Waals surface area (Å²) in [5.74, 6) is -1.86. The molecule has 2 aliphatic rings. The highest BCUT2D eigenvalue weighted by atomic mass is 35.5. The minimum atomic E-state index is -3.86. The molecule has 6 rings (SSSR count). The molecule has 0 unspecified atom stereocenters. The first-order valence-electron chi connectivity index (χ1n) is 14.0. The lowest BCUT2D eigenvalue weighted by Crippen LogP contribution is -2.54. The molecule has 2 aromatic heterocycles. The largest absolute Gasteiger partial charge is 0.355 e. The van der Waals surface area contributed by atoms with Gasteiger partial charge in [-0.05, 0) is 61.6 Å². The van der Waals surface area contributed by atoms with Crippen molar-refractivity contribution in [2.24, 2.45) is 0 Å². The highest BCUT2D eigenvalue weighted by molar-refractivity contribution is 7.90. The van der Waals surface area contributed by atoms with E-state index >= 15 is 8.78 Å². The zero-order valence-electron chi connectivity index (χ0n) is 23.9. The van der Waals surface area contributed by atoms with Gasteiger partial charge in [-0.15, -0.1) is 0 Å². The predicted molar refractivity (Wildman–Crippen MR) is 164 cm³/mol. The van der Waals surface area contributed by atoms with Crippen molar-refractivity contribution < 1.29 is 22.0 Å². The van der Waals surface area contributed by atoms with Gasteiger partial charge in [0, 0.05) is 31.9 Å². The Balaban J connectivity index is 1.69. The summed E-state index contributed by atoms with van der Waals surface area (Å²) in [6.07, 6.45) is 3.85. The predicted octanol–water partition coefficient (Wildman–Crippen LogP) is 4.88. The number of fused-ring (bicyclic) bond motifs is 1. The molecule has 2 aromatic carbocycles. The summed E-state index contributed by atoms with van der Waals surface area (Å²) in [6.45, 7) is 6.23. The molecule has 44 heavy (non-hydrogen) atoms. The standard InChI is InChI=1S/C31H28ClF2N5O4S/c1-4-25(40)37-13-14-38(17(2)16-37)29-20-15-23(34)27(26-21(32)8-6-9-22(26)33)35-30(20)39(31(41)36-29)28-19(18-11-12-18)7-5-10-24(28)44(3,42)43/h4-10,15,17-18H,1,11-14,16H2,2-3H3/t17-/m0/s1. The van der Waals surface area contributed by atoms with Crippen LogP contribution in [0.1, 0.15) is 31.2 Å². The number of benzene rings is 2. The average Bonchev–Trinajstić information content (AvgIpc) is 3.82. The number of aromatic nitrogens is 3. The third-order valence-electron chi connectivity index (χ3n) is 8.06. The molecule has 9 nitrogen and oxygen atoms in total. The van der Waals surface area contributed by atoms with Gasteiger partial charge < -0.3 is 9.80 Å². The number of amides is 1. The Hall–Kier alpha value is -4.16. The Bertz CT molecular complexity index is 2010. The maximum absolute atomic E-state index is 16.0. The van der Waals surface area contributed by atoms with E-state index < -0.39 is 32.9 Å². The molecule has 3 heterocycles. The molecule has 1 atom stereocenters. The highest BCUT2D eigenvalue weighted by Gasteiger charge is 2.34. The van der Waals surface area contributed by atoms with Gasteiger partial charge >= 0.3 is 5.69 Å². The van der Waals surface area contributed by atoms with Gasteiger partial charge in [0.25, 0.3) is 0 Å². The zero-order valence-corrected chi connectivity index (χ0v) is 25.5. The van der Waals surface area contributed by atoms with Crippen LogP contribution < -0.4 is 10.6 Å². The fourth-order valence-corrected chi connectivity index (χ4v) is 6.97. The number of anilines is 1. The molecule has 1 aliphatic heterocycles. The number of pyridine rings is 1. The van der Waals surface area contributed by atoms with Crippen LogP contribution in [0.3, 0.4) is 0 Å². The van der Waals surface area contributed by atoms with Gasteiger partial charge in [0.15, 0.2) is 21.3 Å². The molecule has 4 aromatic rings. The summed E-state index contributed by atoms with van der Waals surface area (Å²) in [6, 6.07) is 9.44. The topological polar surface area (TPSA) is 105 Å². The number of halogens is 3. The molecule has 0 N–H and O–H groups in total. The van der Waals surface area contributed by atoms with E-state index in [-0.39, 0.29) is 62.4 Å². The number of nitrogens with zero attached hydrogens (tertiary/aromatic N) is 5. The van der Waals surface area contributed by atoms with Crippen molar-refractivity contribution in [3.8, 4) is 16.9 Å². The number of hydrogen-bond donors (Lipinski definition) is 0. The van der Waals surface area contributed by atoms with Gasteiger partial charge in [0.1, 0.15) is 17.3 Å². The molecule has 1 saturated carbocycles. The smallest absolute Gasteiger partial charge is 0.350 e. The summed E-state index contributed by atoms with van der Waals surface area (Å²) >= 11 is 6.30. The molecular weight excluding hydrogens is 612 g/mol. The molecule has 2 fully saturated rings. The van der Waals surface area contributed by atoms with Crippen molar-refractivity contribution in [1.82, 2.24) is 19.4 Å². The van der Waals surface area contributed by atoms with Crippen LogP contribution in [0.4, 0.5) is 14.6 Å². The number of carbonyl (C=O) groups is 1. The second-order valence-electron chi connectivity index (χ2n) is 11.1. The molecular formula is C31H28ClF2N5O4S. The van der Waals surface area contributed by atoms with E-state index in [2.05, 4.69) is 16.5 Å². The normalized spacial score (nSPS) is 17.2. The van der Waals surface area contributed by atoms with Crippen LogP contribution in [0.15, 0.2) is 64.8 Å². The van der Waals surface area contributed by atoms with Crippen molar-refractivity contribution in [3.63, 3.8) is 0 Å². The Kier molecular flexibility index (Phi) is 7.53. The molecule has 1 aliphatic carbocycles. The fraction of sp³-hybridized carbons (Fsp3) is 0.290. The Morgan fingerprint density at radius 1 is 1.09 bits per heavy atom. The lowest BCUT2D eigenvalue weighted by molar-refractivity contribution is -0.126. The minimum absolute atomic E-state index is 0.00440. The first-order valence-corrected chi connectivity index (χ1v) is 16.3. The van der Waals surface area contributed by atoms with Gasteiger partial charge in [-0.1, -0.05) is 36.4 Å². The van der Waals surface area contributed by atoms with Crippen molar-refractivity contribution in [3.05, 3.63) is 87.8 Å². The third kappa shape index (κ3) is 5.15. The Labute approximate surface area is 257 Å². The van der Waals surface area contributed by atoms with Crippen LogP contribution in [0, 0.1) is 11.6 Å². The maximum Gasteiger partial charge on any atom is 0.355 e. The average molecular weight is 640 g/mol. The summed E-state index contributed by atoms with van der Waals surface area (Å²) in [5, 5.41) is 0.0180. The lowest BCUT2D eigenvalue weighted by Gasteiger charge is -2.40. The Morgan fingerprint density at radius 3 is 2.45 bits per heavy atom. The van der Waals surface area contributed by atoms with E-state index in [1.807, 2.05) is 6.92 Å². The first-order chi connectivity index (χ1) is 20.9. The third-order valence-corrected chi connectivity index (χ3v) is 9.50. The molecule has 0 radical (unpaired) electrons. The van der Waals surface area contributed by atoms with E-state index in [9.17, 15) is 18.0 Å². The summed E-state index contributed by atoms with van der Waals surface area (Å²) < 4.78 is 58.2. The highest BCUT2D eigenvalue weighted by Crippen LogP contribution is 2.45. The van der Waals surface area contributed by atoms with Crippen LogP contribution in [0.5, 0.6) is 0 Å².